The van der Waals surface area contributed by atoms with Gasteiger partial charge in [-0.25, -0.2) is 9.37 Å². The quantitative estimate of drug-likeness (QED) is 0.806. The molecule has 2 aliphatic heterocycles. The lowest BCUT2D eigenvalue weighted by atomic mass is 10.1. The van der Waals surface area contributed by atoms with Gasteiger partial charge in [0.25, 0.3) is 5.91 Å². The summed E-state index contributed by atoms with van der Waals surface area (Å²) < 4.78 is 18.6. The number of carbonyl (C=O) groups excluding carboxylic acids is 1. The van der Waals surface area contributed by atoms with Crippen LogP contribution in [0.25, 0.3) is 10.6 Å². The number of aromatic nitrogens is 1. The Balaban J connectivity index is 1.39. The lowest BCUT2D eigenvalue weighted by Crippen LogP contribution is -2.49. The molecule has 7 heteroatoms. The first-order valence-corrected chi connectivity index (χ1v) is 10.2. The Labute approximate surface area is 162 Å². The van der Waals surface area contributed by atoms with E-state index in [2.05, 4.69) is 9.88 Å². The predicted octanol–water partition coefficient (Wildman–Crippen LogP) is 3.05. The average Bonchev–Trinajstić information content (AvgIpc) is 3.32. The van der Waals surface area contributed by atoms with Crippen molar-refractivity contribution < 1.29 is 13.9 Å². The van der Waals surface area contributed by atoms with Crippen molar-refractivity contribution in [1.82, 2.24) is 14.8 Å². The number of thiazole rings is 1. The molecule has 2 aromatic rings. The van der Waals surface area contributed by atoms with Gasteiger partial charge in [0.1, 0.15) is 15.7 Å². The monoisotopic (exact) mass is 389 g/mol. The van der Waals surface area contributed by atoms with Crippen molar-refractivity contribution in [2.45, 2.75) is 13.3 Å². The number of benzene rings is 1. The molecule has 1 aromatic carbocycles. The van der Waals surface area contributed by atoms with Gasteiger partial charge in [0.15, 0.2) is 0 Å². The molecule has 2 fully saturated rings. The zero-order valence-corrected chi connectivity index (χ0v) is 16.3. The zero-order valence-electron chi connectivity index (χ0n) is 15.5. The Bertz CT molecular complexity index is 794. The van der Waals surface area contributed by atoms with Crippen molar-refractivity contribution >= 4 is 17.2 Å². The van der Waals surface area contributed by atoms with Crippen LogP contribution in [0.4, 0.5) is 4.39 Å². The Kier molecular flexibility index (Phi) is 5.52. The molecule has 144 valence electrons. The number of carbonyl (C=O) groups is 1. The van der Waals surface area contributed by atoms with Gasteiger partial charge in [-0.15, -0.1) is 11.3 Å². The third-order valence-corrected chi connectivity index (χ3v) is 6.48. The Hall–Kier alpha value is -1.83. The second-order valence-electron chi connectivity index (χ2n) is 7.26. The molecule has 1 amide bonds. The second kappa shape index (κ2) is 8.04. The molecule has 0 radical (unpaired) electrons. The first-order chi connectivity index (χ1) is 13.1. The number of halogens is 1. The molecule has 3 heterocycles. The molecule has 1 unspecified atom stereocenters. The topological polar surface area (TPSA) is 45.7 Å². The summed E-state index contributed by atoms with van der Waals surface area (Å²) in [5.74, 6) is 0.418. The molecule has 0 spiro atoms. The third-order valence-electron chi connectivity index (χ3n) is 5.28. The summed E-state index contributed by atoms with van der Waals surface area (Å²) in [6, 6.07) is 6.24. The molecule has 0 saturated carbocycles. The fraction of sp³-hybridized carbons (Fsp3) is 0.500. The van der Waals surface area contributed by atoms with Crippen LogP contribution in [0.2, 0.25) is 0 Å². The SMILES string of the molecule is Cc1nc(-c2ccc(F)cc2)sc1C(=O)N1CCN(CC2CCOC2)CC1. The number of hydrogen-bond acceptors (Lipinski definition) is 5. The van der Waals surface area contributed by atoms with Crippen LogP contribution in [0.1, 0.15) is 21.8 Å². The predicted molar refractivity (Wildman–Crippen MR) is 104 cm³/mol. The van der Waals surface area contributed by atoms with Crippen LogP contribution in [0.3, 0.4) is 0 Å². The molecule has 2 aliphatic rings. The van der Waals surface area contributed by atoms with E-state index in [4.69, 9.17) is 4.74 Å². The van der Waals surface area contributed by atoms with Gasteiger partial charge in [-0.05, 0) is 43.5 Å². The number of amides is 1. The summed E-state index contributed by atoms with van der Waals surface area (Å²) in [6.45, 7) is 7.99. The van der Waals surface area contributed by atoms with E-state index < -0.39 is 0 Å². The lowest BCUT2D eigenvalue weighted by molar-refractivity contribution is 0.0615. The van der Waals surface area contributed by atoms with Crippen LogP contribution in [-0.4, -0.2) is 66.6 Å². The summed E-state index contributed by atoms with van der Waals surface area (Å²) in [4.78, 5) is 22.6. The van der Waals surface area contributed by atoms with Crippen LogP contribution in [0, 0.1) is 18.7 Å². The number of piperazine rings is 1. The minimum atomic E-state index is -0.273. The first kappa shape index (κ1) is 18.5. The van der Waals surface area contributed by atoms with E-state index in [1.807, 2.05) is 11.8 Å². The number of nitrogens with zero attached hydrogens (tertiary/aromatic N) is 3. The molecule has 1 atom stereocenters. The molecular weight excluding hydrogens is 365 g/mol. The third kappa shape index (κ3) is 4.20. The first-order valence-electron chi connectivity index (χ1n) is 9.43. The molecular formula is C20H24FN3O2S. The Morgan fingerprint density at radius 3 is 2.67 bits per heavy atom. The summed E-state index contributed by atoms with van der Waals surface area (Å²) >= 11 is 1.39. The van der Waals surface area contributed by atoms with Gasteiger partial charge < -0.3 is 9.64 Å². The number of ether oxygens (including phenoxy) is 1. The maximum Gasteiger partial charge on any atom is 0.265 e. The van der Waals surface area contributed by atoms with Gasteiger partial charge in [-0.3, -0.25) is 9.69 Å². The van der Waals surface area contributed by atoms with E-state index in [-0.39, 0.29) is 11.7 Å². The van der Waals surface area contributed by atoms with Crippen molar-refractivity contribution in [3.8, 4) is 10.6 Å². The standard InChI is InChI=1S/C20H24FN3O2S/c1-14-18(27-19(22-14)16-2-4-17(21)5-3-16)20(25)24-9-7-23(8-10-24)12-15-6-11-26-13-15/h2-5,15H,6-13H2,1H3. The van der Waals surface area contributed by atoms with Crippen LogP contribution in [0.5, 0.6) is 0 Å². The van der Waals surface area contributed by atoms with E-state index >= 15 is 0 Å². The lowest BCUT2D eigenvalue weighted by Gasteiger charge is -2.35. The molecule has 0 aliphatic carbocycles. The maximum absolute atomic E-state index is 13.1. The van der Waals surface area contributed by atoms with Gasteiger partial charge in [0.05, 0.1) is 12.3 Å². The minimum absolute atomic E-state index is 0.0576. The van der Waals surface area contributed by atoms with Crippen molar-refractivity contribution in [2.75, 3.05) is 45.9 Å². The van der Waals surface area contributed by atoms with Gasteiger partial charge in [-0.1, -0.05) is 0 Å². The molecule has 1 aromatic heterocycles. The second-order valence-corrected chi connectivity index (χ2v) is 8.26. The largest absolute Gasteiger partial charge is 0.381 e. The molecule has 27 heavy (non-hydrogen) atoms. The summed E-state index contributed by atoms with van der Waals surface area (Å²) in [5, 5.41) is 0.760. The highest BCUT2D eigenvalue weighted by molar-refractivity contribution is 7.17. The van der Waals surface area contributed by atoms with E-state index in [1.165, 1.54) is 23.5 Å². The van der Waals surface area contributed by atoms with E-state index in [0.29, 0.717) is 10.8 Å². The smallest absolute Gasteiger partial charge is 0.265 e. The number of aryl methyl sites for hydroxylation is 1. The maximum atomic E-state index is 13.1. The number of hydrogen-bond donors (Lipinski definition) is 0. The summed E-state index contributed by atoms with van der Waals surface area (Å²) in [7, 11) is 0. The highest BCUT2D eigenvalue weighted by Crippen LogP contribution is 2.29. The highest BCUT2D eigenvalue weighted by atomic mass is 32.1. The van der Waals surface area contributed by atoms with Gasteiger partial charge in [-0.2, -0.15) is 0 Å². The summed E-state index contributed by atoms with van der Waals surface area (Å²) in [5.41, 5.74) is 1.59. The van der Waals surface area contributed by atoms with Crippen LogP contribution >= 0.6 is 11.3 Å². The van der Waals surface area contributed by atoms with E-state index in [0.717, 1.165) is 68.6 Å². The molecule has 0 N–H and O–H groups in total. The van der Waals surface area contributed by atoms with Crippen molar-refractivity contribution in [1.29, 1.82) is 0 Å². The van der Waals surface area contributed by atoms with Gasteiger partial charge in [0.2, 0.25) is 0 Å². The van der Waals surface area contributed by atoms with Crippen molar-refractivity contribution in [3.63, 3.8) is 0 Å². The van der Waals surface area contributed by atoms with Crippen LogP contribution in [0.15, 0.2) is 24.3 Å². The Morgan fingerprint density at radius 2 is 2.00 bits per heavy atom. The zero-order chi connectivity index (χ0) is 18.8. The summed E-state index contributed by atoms with van der Waals surface area (Å²) in [6.07, 6.45) is 1.14. The number of rotatable bonds is 4. The average molecular weight is 389 g/mol. The van der Waals surface area contributed by atoms with Crippen molar-refractivity contribution in [3.05, 3.63) is 40.7 Å². The van der Waals surface area contributed by atoms with Crippen LogP contribution in [-0.2, 0) is 4.74 Å². The van der Waals surface area contributed by atoms with E-state index in [1.54, 1.807) is 12.1 Å². The van der Waals surface area contributed by atoms with Crippen molar-refractivity contribution in [2.24, 2.45) is 5.92 Å². The van der Waals surface area contributed by atoms with Crippen LogP contribution < -0.4 is 0 Å². The normalized spacial score (nSPS) is 21.0. The fourth-order valence-corrected chi connectivity index (χ4v) is 4.72. The molecule has 0 bridgehead atoms. The van der Waals surface area contributed by atoms with E-state index in [9.17, 15) is 9.18 Å². The molecule has 2 saturated heterocycles. The highest BCUT2D eigenvalue weighted by Gasteiger charge is 2.27. The molecule has 5 nitrogen and oxygen atoms in total. The van der Waals surface area contributed by atoms with Gasteiger partial charge in [0, 0.05) is 44.9 Å². The Morgan fingerprint density at radius 1 is 1.26 bits per heavy atom. The fourth-order valence-electron chi connectivity index (χ4n) is 3.68. The minimum Gasteiger partial charge on any atom is -0.381 e. The molecule has 4 rings (SSSR count). The van der Waals surface area contributed by atoms with Gasteiger partial charge >= 0.3 is 0 Å².